The molecule has 0 bridgehead atoms. The summed E-state index contributed by atoms with van der Waals surface area (Å²) in [5, 5.41) is 7.45. The number of hydrogen-bond donors (Lipinski definition) is 1. The van der Waals surface area contributed by atoms with Gasteiger partial charge in [0.15, 0.2) is 5.78 Å². The predicted octanol–water partition coefficient (Wildman–Crippen LogP) is 1.95. The molecule has 1 rings (SSSR count). The number of nitrogens with one attached hydrogen (secondary N) is 1. The summed E-state index contributed by atoms with van der Waals surface area (Å²) in [5.74, 6) is 0.114. The van der Waals surface area contributed by atoms with Gasteiger partial charge in [-0.3, -0.25) is 4.79 Å². The minimum atomic E-state index is -0.0784. The van der Waals surface area contributed by atoms with Crippen molar-refractivity contribution in [1.29, 1.82) is 5.41 Å². The molecule has 1 unspecified atom stereocenters. The average molecular weight is 151 g/mol. The molecule has 11 heavy (non-hydrogen) atoms. The van der Waals surface area contributed by atoms with Crippen LogP contribution in [-0.2, 0) is 4.79 Å². The zero-order chi connectivity index (χ0) is 8.27. The van der Waals surface area contributed by atoms with Gasteiger partial charge in [0.1, 0.15) is 0 Å². The van der Waals surface area contributed by atoms with E-state index in [1.807, 2.05) is 0 Å². The highest BCUT2D eigenvalue weighted by Crippen LogP contribution is 2.19. The van der Waals surface area contributed by atoms with Gasteiger partial charge in [0.05, 0.1) is 5.71 Å². The van der Waals surface area contributed by atoms with Crippen molar-refractivity contribution < 1.29 is 4.79 Å². The van der Waals surface area contributed by atoms with E-state index < -0.39 is 0 Å². The number of ketones is 1. The molecule has 1 N–H and O–H groups in total. The Morgan fingerprint density at radius 2 is 2.27 bits per heavy atom. The fourth-order valence-electron chi connectivity index (χ4n) is 1.34. The summed E-state index contributed by atoms with van der Waals surface area (Å²) < 4.78 is 0. The van der Waals surface area contributed by atoms with Gasteiger partial charge in [0, 0.05) is 12.8 Å². The Labute approximate surface area is 66.8 Å². The average Bonchev–Trinajstić information content (AvgIpc) is 2.05. The Morgan fingerprint density at radius 1 is 1.55 bits per heavy atom. The number of carbonyl (C=O) groups excluding carboxylic acids is 1. The molecule has 2 nitrogen and oxygen atoms in total. The normalized spacial score (nSPS) is 23.2. The Morgan fingerprint density at radius 3 is 2.73 bits per heavy atom. The fraction of sp³-hybridized carbons (Fsp3) is 0.556. The van der Waals surface area contributed by atoms with Gasteiger partial charge in [-0.2, -0.15) is 0 Å². The quantitative estimate of drug-likeness (QED) is 0.475. The van der Waals surface area contributed by atoms with Crippen molar-refractivity contribution in [2.24, 2.45) is 5.92 Å². The van der Waals surface area contributed by atoms with Gasteiger partial charge in [-0.1, -0.05) is 12.2 Å². The van der Waals surface area contributed by atoms with Crippen LogP contribution in [0.5, 0.6) is 0 Å². The molecule has 0 saturated heterocycles. The summed E-state index contributed by atoms with van der Waals surface area (Å²) in [6.07, 6.45) is 7.03. The van der Waals surface area contributed by atoms with Gasteiger partial charge in [0.25, 0.3) is 0 Å². The third-order valence-corrected chi connectivity index (χ3v) is 2.06. The first-order valence-electron chi connectivity index (χ1n) is 3.96. The molecule has 0 amide bonds. The molecule has 1 aliphatic carbocycles. The molecule has 2 heteroatoms. The maximum Gasteiger partial charge on any atom is 0.173 e. The van der Waals surface area contributed by atoms with E-state index in [0.29, 0.717) is 5.71 Å². The summed E-state index contributed by atoms with van der Waals surface area (Å²) in [7, 11) is 0. The van der Waals surface area contributed by atoms with Crippen LogP contribution >= 0.6 is 0 Å². The van der Waals surface area contributed by atoms with Crippen molar-refractivity contribution >= 4 is 11.5 Å². The maximum absolute atomic E-state index is 10.8. The maximum atomic E-state index is 10.8. The van der Waals surface area contributed by atoms with Crippen molar-refractivity contribution in [1.82, 2.24) is 0 Å². The van der Waals surface area contributed by atoms with E-state index in [0.717, 1.165) is 19.3 Å². The van der Waals surface area contributed by atoms with Crippen LogP contribution in [0, 0.1) is 11.3 Å². The third-order valence-electron chi connectivity index (χ3n) is 2.06. The highest BCUT2D eigenvalue weighted by molar-refractivity contribution is 6.38. The molecular formula is C9H13NO. The molecule has 0 heterocycles. The summed E-state index contributed by atoms with van der Waals surface area (Å²) in [4.78, 5) is 10.8. The highest BCUT2D eigenvalue weighted by atomic mass is 16.1. The third kappa shape index (κ3) is 2.00. The van der Waals surface area contributed by atoms with Crippen LogP contribution in [0.15, 0.2) is 12.2 Å². The van der Waals surface area contributed by atoms with Gasteiger partial charge < -0.3 is 5.41 Å². The largest absolute Gasteiger partial charge is 0.301 e. The van der Waals surface area contributed by atoms with Gasteiger partial charge in [-0.05, 0) is 19.3 Å². The van der Waals surface area contributed by atoms with E-state index in [4.69, 9.17) is 5.41 Å². The SMILES string of the molecule is CC(=O)C(=N)C1CC=CCC1. The van der Waals surface area contributed by atoms with E-state index in [9.17, 15) is 4.79 Å². The van der Waals surface area contributed by atoms with E-state index in [-0.39, 0.29) is 11.7 Å². The Kier molecular flexibility index (Phi) is 2.58. The first kappa shape index (κ1) is 8.18. The van der Waals surface area contributed by atoms with E-state index in [2.05, 4.69) is 12.2 Å². The second kappa shape index (κ2) is 3.46. The molecule has 0 aromatic rings. The van der Waals surface area contributed by atoms with Crippen LogP contribution in [0.3, 0.4) is 0 Å². The molecule has 0 fully saturated rings. The summed E-state index contributed by atoms with van der Waals surface area (Å²) >= 11 is 0. The summed E-state index contributed by atoms with van der Waals surface area (Å²) in [6.45, 7) is 1.47. The molecule has 0 radical (unpaired) electrons. The van der Waals surface area contributed by atoms with Crippen LogP contribution < -0.4 is 0 Å². The van der Waals surface area contributed by atoms with E-state index in [1.165, 1.54) is 6.92 Å². The molecular weight excluding hydrogens is 138 g/mol. The second-order valence-corrected chi connectivity index (χ2v) is 2.95. The summed E-state index contributed by atoms with van der Waals surface area (Å²) in [5.41, 5.74) is 0.300. The number of carbonyl (C=O) groups is 1. The smallest absolute Gasteiger partial charge is 0.173 e. The molecule has 60 valence electrons. The van der Waals surface area contributed by atoms with Crippen molar-refractivity contribution in [3.8, 4) is 0 Å². The number of hydrogen-bond acceptors (Lipinski definition) is 2. The Bertz CT molecular complexity index is 206. The lowest BCUT2D eigenvalue weighted by Crippen LogP contribution is -2.21. The van der Waals surface area contributed by atoms with Crippen molar-refractivity contribution in [3.63, 3.8) is 0 Å². The number of allylic oxidation sites excluding steroid dienone is 2. The summed E-state index contributed by atoms with van der Waals surface area (Å²) in [6, 6.07) is 0. The Hall–Kier alpha value is -0.920. The molecule has 0 saturated carbocycles. The zero-order valence-corrected chi connectivity index (χ0v) is 6.76. The van der Waals surface area contributed by atoms with Crippen LogP contribution in [-0.4, -0.2) is 11.5 Å². The minimum Gasteiger partial charge on any atom is -0.301 e. The van der Waals surface area contributed by atoms with Crippen molar-refractivity contribution in [2.45, 2.75) is 26.2 Å². The lowest BCUT2D eigenvalue weighted by atomic mass is 9.88. The van der Waals surface area contributed by atoms with Gasteiger partial charge >= 0.3 is 0 Å². The standard InChI is InChI=1S/C9H13NO/c1-7(11)9(10)8-5-3-2-4-6-8/h2-3,8,10H,4-6H2,1H3. The van der Waals surface area contributed by atoms with Gasteiger partial charge in [-0.25, -0.2) is 0 Å². The zero-order valence-electron chi connectivity index (χ0n) is 6.76. The van der Waals surface area contributed by atoms with E-state index >= 15 is 0 Å². The monoisotopic (exact) mass is 151 g/mol. The van der Waals surface area contributed by atoms with Gasteiger partial charge in [-0.15, -0.1) is 0 Å². The molecule has 1 aliphatic rings. The number of Topliss-reactive ketones (excluding diaryl/α,β-unsaturated/α-hetero) is 1. The Balaban J connectivity index is 2.54. The van der Waals surface area contributed by atoms with Crippen molar-refractivity contribution in [3.05, 3.63) is 12.2 Å². The molecule has 1 atom stereocenters. The molecule has 0 aromatic heterocycles. The molecule has 0 aromatic carbocycles. The predicted molar refractivity (Wildman–Crippen MR) is 44.9 cm³/mol. The lowest BCUT2D eigenvalue weighted by molar-refractivity contribution is -0.111. The number of rotatable bonds is 2. The van der Waals surface area contributed by atoms with Crippen LogP contribution in [0.2, 0.25) is 0 Å². The second-order valence-electron chi connectivity index (χ2n) is 2.95. The topological polar surface area (TPSA) is 40.9 Å². The lowest BCUT2D eigenvalue weighted by Gasteiger charge is -2.16. The van der Waals surface area contributed by atoms with Crippen LogP contribution in [0.25, 0.3) is 0 Å². The first-order chi connectivity index (χ1) is 5.22. The molecule has 0 aliphatic heterocycles. The molecule has 0 spiro atoms. The van der Waals surface area contributed by atoms with Crippen LogP contribution in [0.1, 0.15) is 26.2 Å². The minimum absolute atomic E-state index is 0.0784. The van der Waals surface area contributed by atoms with Gasteiger partial charge in [0.2, 0.25) is 0 Å². The van der Waals surface area contributed by atoms with Crippen molar-refractivity contribution in [2.75, 3.05) is 0 Å². The van der Waals surface area contributed by atoms with E-state index in [1.54, 1.807) is 0 Å². The highest BCUT2D eigenvalue weighted by Gasteiger charge is 2.17. The van der Waals surface area contributed by atoms with Crippen LogP contribution in [0.4, 0.5) is 0 Å². The fourth-order valence-corrected chi connectivity index (χ4v) is 1.34. The first-order valence-corrected chi connectivity index (χ1v) is 3.96.